The van der Waals surface area contributed by atoms with Gasteiger partial charge in [0.2, 0.25) is 5.82 Å². The van der Waals surface area contributed by atoms with Crippen LogP contribution in [0.25, 0.3) is 23.0 Å². The number of benzene rings is 2. The van der Waals surface area contributed by atoms with Gasteiger partial charge in [-0.05, 0) is 42.5 Å². The number of rotatable bonds is 4. The van der Waals surface area contributed by atoms with Gasteiger partial charge in [0, 0.05) is 5.56 Å². The van der Waals surface area contributed by atoms with Crippen molar-refractivity contribution in [1.29, 1.82) is 0 Å². The third-order valence-electron chi connectivity index (χ3n) is 3.76. The van der Waals surface area contributed by atoms with Crippen molar-refractivity contribution in [2.45, 2.75) is 0 Å². The summed E-state index contributed by atoms with van der Waals surface area (Å²) in [5.74, 6) is 0.723. The molecule has 0 spiro atoms. The second kappa shape index (κ2) is 7.26. The Labute approximate surface area is 163 Å². The Hall–Kier alpha value is -3.09. The Bertz CT molecular complexity index is 1110. The number of hydrogen-bond acceptors (Lipinski definition) is 5. The van der Waals surface area contributed by atoms with E-state index in [0.29, 0.717) is 38.4 Å². The Morgan fingerprint density at radius 3 is 2.63 bits per heavy atom. The van der Waals surface area contributed by atoms with Crippen LogP contribution in [-0.4, -0.2) is 16.0 Å². The molecule has 134 valence electrons. The predicted octanol–water partition coefficient (Wildman–Crippen LogP) is 5.56. The van der Waals surface area contributed by atoms with Gasteiger partial charge in [0.05, 0.1) is 27.6 Å². The van der Waals surface area contributed by atoms with Crippen molar-refractivity contribution in [1.82, 2.24) is 10.1 Å². The summed E-state index contributed by atoms with van der Waals surface area (Å²) in [6.45, 7) is 0. The van der Waals surface area contributed by atoms with E-state index in [-0.39, 0.29) is 11.8 Å². The third kappa shape index (κ3) is 3.58. The highest BCUT2D eigenvalue weighted by molar-refractivity contribution is 6.42. The normalized spacial score (nSPS) is 10.7. The van der Waals surface area contributed by atoms with Crippen molar-refractivity contribution < 1.29 is 13.7 Å². The van der Waals surface area contributed by atoms with Gasteiger partial charge in [-0.1, -0.05) is 40.5 Å². The molecule has 6 nitrogen and oxygen atoms in total. The molecule has 2 aromatic carbocycles. The quantitative estimate of drug-likeness (QED) is 0.485. The molecule has 8 heteroatoms. The highest BCUT2D eigenvalue weighted by atomic mass is 35.5. The van der Waals surface area contributed by atoms with Crippen LogP contribution in [0.5, 0.6) is 0 Å². The second-order valence-corrected chi connectivity index (χ2v) is 6.34. The maximum absolute atomic E-state index is 12.6. The zero-order chi connectivity index (χ0) is 18.8. The first kappa shape index (κ1) is 17.3. The van der Waals surface area contributed by atoms with Crippen LogP contribution < -0.4 is 5.32 Å². The molecule has 2 heterocycles. The van der Waals surface area contributed by atoms with Crippen LogP contribution in [0, 0.1) is 0 Å². The van der Waals surface area contributed by atoms with Crippen LogP contribution in [0.1, 0.15) is 10.4 Å². The van der Waals surface area contributed by atoms with Gasteiger partial charge in [-0.2, -0.15) is 4.98 Å². The number of amides is 1. The van der Waals surface area contributed by atoms with Crippen molar-refractivity contribution in [3.05, 3.63) is 76.5 Å². The van der Waals surface area contributed by atoms with E-state index in [2.05, 4.69) is 15.5 Å². The number of aromatic nitrogens is 2. The lowest BCUT2D eigenvalue weighted by molar-refractivity contribution is 0.102. The summed E-state index contributed by atoms with van der Waals surface area (Å²) in [5.41, 5.74) is 1.47. The molecule has 0 radical (unpaired) electrons. The molecule has 27 heavy (non-hydrogen) atoms. The van der Waals surface area contributed by atoms with Crippen molar-refractivity contribution in [3.8, 4) is 23.0 Å². The number of halogens is 2. The minimum atomic E-state index is -0.341. The number of nitrogens with one attached hydrogen (secondary N) is 1. The van der Waals surface area contributed by atoms with Crippen LogP contribution in [0.3, 0.4) is 0 Å². The van der Waals surface area contributed by atoms with Gasteiger partial charge in [-0.25, -0.2) is 0 Å². The summed E-state index contributed by atoms with van der Waals surface area (Å²) in [5, 5.41) is 7.42. The molecular formula is C19H11Cl2N3O3. The number of para-hydroxylation sites is 1. The molecular weight excluding hydrogens is 389 g/mol. The lowest BCUT2D eigenvalue weighted by Gasteiger charge is -2.09. The highest BCUT2D eigenvalue weighted by Crippen LogP contribution is 2.29. The van der Waals surface area contributed by atoms with E-state index >= 15 is 0 Å². The molecule has 0 aliphatic heterocycles. The van der Waals surface area contributed by atoms with E-state index in [0.717, 1.165) is 0 Å². The van der Waals surface area contributed by atoms with E-state index < -0.39 is 0 Å². The molecule has 2 aromatic heterocycles. The van der Waals surface area contributed by atoms with E-state index in [1.54, 1.807) is 48.5 Å². The molecule has 0 aliphatic rings. The molecule has 4 aromatic rings. The fraction of sp³-hybridized carbons (Fsp3) is 0. The Kier molecular flexibility index (Phi) is 4.66. The van der Waals surface area contributed by atoms with Gasteiger partial charge < -0.3 is 14.3 Å². The van der Waals surface area contributed by atoms with E-state index in [9.17, 15) is 4.79 Å². The molecule has 0 saturated carbocycles. The fourth-order valence-electron chi connectivity index (χ4n) is 2.45. The average Bonchev–Trinajstić information content (AvgIpc) is 3.35. The van der Waals surface area contributed by atoms with Gasteiger partial charge in [0.25, 0.3) is 11.8 Å². The average molecular weight is 400 g/mol. The molecule has 4 rings (SSSR count). The third-order valence-corrected chi connectivity index (χ3v) is 4.49. The number of anilines is 1. The summed E-state index contributed by atoms with van der Waals surface area (Å²) < 4.78 is 10.6. The summed E-state index contributed by atoms with van der Waals surface area (Å²) in [7, 11) is 0. The molecule has 1 amide bonds. The summed E-state index contributed by atoms with van der Waals surface area (Å²) in [6, 6.07) is 15.2. The Morgan fingerprint density at radius 1 is 1.00 bits per heavy atom. The minimum Gasteiger partial charge on any atom is -0.461 e. The lowest BCUT2D eigenvalue weighted by atomic mass is 10.1. The van der Waals surface area contributed by atoms with Gasteiger partial charge in [0.1, 0.15) is 0 Å². The van der Waals surface area contributed by atoms with Crippen molar-refractivity contribution in [2.75, 3.05) is 5.32 Å². The zero-order valence-corrected chi connectivity index (χ0v) is 15.2. The highest BCUT2D eigenvalue weighted by Gasteiger charge is 2.17. The van der Waals surface area contributed by atoms with Crippen LogP contribution in [0.15, 0.2) is 69.8 Å². The number of hydrogen-bond donors (Lipinski definition) is 1. The SMILES string of the molecule is O=C(Nc1ccccc1-c1nc(-c2ccco2)no1)c1ccc(Cl)c(Cl)c1. The van der Waals surface area contributed by atoms with Crippen molar-refractivity contribution in [3.63, 3.8) is 0 Å². The van der Waals surface area contributed by atoms with Crippen LogP contribution in [-0.2, 0) is 0 Å². The van der Waals surface area contributed by atoms with Gasteiger partial charge in [-0.15, -0.1) is 0 Å². The monoisotopic (exact) mass is 399 g/mol. The first-order chi connectivity index (χ1) is 13.1. The van der Waals surface area contributed by atoms with Crippen LogP contribution in [0.4, 0.5) is 5.69 Å². The standard InChI is InChI=1S/C19H11Cl2N3O3/c20-13-8-7-11(10-14(13)21)18(25)22-15-5-2-1-4-12(15)19-23-17(24-27-19)16-6-3-9-26-16/h1-10H,(H,22,25). The van der Waals surface area contributed by atoms with Gasteiger partial charge >= 0.3 is 0 Å². The Balaban J connectivity index is 1.63. The van der Waals surface area contributed by atoms with E-state index in [1.807, 2.05) is 0 Å². The maximum Gasteiger partial charge on any atom is 0.260 e. The van der Waals surface area contributed by atoms with Crippen molar-refractivity contribution in [2.24, 2.45) is 0 Å². The van der Waals surface area contributed by atoms with Crippen LogP contribution >= 0.6 is 23.2 Å². The first-order valence-corrected chi connectivity index (χ1v) is 8.61. The largest absolute Gasteiger partial charge is 0.461 e. The number of furan rings is 1. The molecule has 1 N–H and O–H groups in total. The summed E-state index contributed by atoms with van der Waals surface area (Å²) in [4.78, 5) is 16.9. The number of carbonyl (C=O) groups is 1. The molecule has 0 saturated heterocycles. The van der Waals surface area contributed by atoms with E-state index in [4.69, 9.17) is 32.1 Å². The topological polar surface area (TPSA) is 81.2 Å². The van der Waals surface area contributed by atoms with E-state index in [1.165, 1.54) is 12.3 Å². The summed E-state index contributed by atoms with van der Waals surface area (Å²) in [6.07, 6.45) is 1.52. The predicted molar refractivity (Wildman–Crippen MR) is 102 cm³/mol. The molecule has 0 bridgehead atoms. The van der Waals surface area contributed by atoms with Gasteiger partial charge in [0.15, 0.2) is 5.76 Å². The molecule has 0 atom stereocenters. The lowest BCUT2D eigenvalue weighted by Crippen LogP contribution is -2.12. The minimum absolute atomic E-state index is 0.256. The van der Waals surface area contributed by atoms with Crippen LogP contribution in [0.2, 0.25) is 10.0 Å². The molecule has 0 fully saturated rings. The maximum atomic E-state index is 12.6. The first-order valence-electron chi connectivity index (χ1n) is 7.85. The Morgan fingerprint density at radius 2 is 1.85 bits per heavy atom. The smallest absolute Gasteiger partial charge is 0.260 e. The molecule has 0 aliphatic carbocycles. The molecule has 0 unspecified atom stereocenters. The number of nitrogens with zero attached hydrogens (tertiary/aromatic N) is 2. The second-order valence-electron chi connectivity index (χ2n) is 5.53. The van der Waals surface area contributed by atoms with Crippen molar-refractivity contribution >= 4 is 34.8 Å². The van der Waals surface area contributed by atoms with Gasteiger partial charge in [-0.3, -0.25) is 4.79 Å². The fourth-order valence-corrected chi connectivity index (χ4v) is 2.75. The zero-order valence-electron chi connectivity index (χ0n) is 13.6. The number of carbonyl (C=O) groups excluding carboxylic acids is 1. The summed E-state index contributed by atoms with van der Waals surface area (Å²) >= 11 is 11.9.